The van der Waals surface area contributed by atoms with Gasteiger partial charge in [0.1, 0.15) is 5.78 Å². The molecule has 2 aliphatic rings. The predicted molar refractivity (Wildman–Crippen MR) is 87.3 cm³/mol. The molecule has 1 heteroatoms. The van der Waals surface area contributed by atoms with E-state index in [1.54, 1.807) is 0 Å². The number of Topliss-reactive ketones (excluding diaryl/α,β-unsaturated/α-hetero) is 1. The smallest absolute Gasteiger partial charge is 0.146 e. The zero-order chi connectivity index (χ0) is 14.7. The van der Waals surface area contributed by atoms with E-state index in [2.05, 4.69) is 37.3 Å². The average molecular weight is 284 g/mol. The van der Waals surface area contributed by atoms with Gasteiger partial charge in [-0.05, 0) is 37.2 Å². The van der Waals surface area contributed by atoms with Crippen molar-refractivity contribution in [2.45, 2.75) is 70.1 Å². The van der Waals surface area contributed by atoms with Crippen LogP contribution in [0.5, 0.6) is 0 Å². The van der Waals surface area contributed by atoms with E-state index >= 15 is 0 Å². The highest BCUT2D eigenvalue weighted by Gasteiger charge is 2.45. The summed E-state index contributed by atoms with van der Waals surface area (Å²) in [4.78, 5) is 13.4. The molecule has 3 rings (SSSR count). The lowest BCUT2D eigenvalue weighted by Crippen LogP contribution is -2.39. The van der Waals surface area contributed by atoms with E-state index in [1.165, 1.54) is 37.7 Å². The Hall–Kier alpha value is -1.11. The maximum Gasteiger partial charge on any atom is 0.146 e. The van der Waals surface area contributed by atoms with Crippen LogP contribution in [0.15, 0.2) is 30.3 Å². The Kier molecular flexibility index (Phi) is 4.47. The summed E-state index contributed by atoms with van der Waals surface area (Å²) in [5.74, 6) is 1.67. The summed E-state index contributed by atoms with van der Waals surface area (Å²) >= 11 is 0. The van der Waals surface area contributed by atoms with Crippen molar-refractivity contribution in [3.63, 3.8) is 0 Å². The van der Waals surface area contributed by atoms with Crippen molar-refractivity contribution in [2.24, 2.45) is 11.8 Å². The van der Waals surface area contributed by atoms with Crippen molar-refractivity contribution in [3.05, 3.63) is 35.9 Å². The highest BCUT2D eigenvalue weighted by molar-refractivity contribution is 5.92. The lowest BCUT2D eigenvalue weighted by molar-refractivity contribution is -0.130. The van der Waals surface area contributed by atoms with Crippen LogP contribution in [-0.4, -0.2) is 5.78 Å². The molecule has 0 radical (unpaired) electrons. The summed E-state index contributed by atoms with van der Waals surface area (Å²) in [6, 6.07) is 10.6. The molecule has 2 saturated carbocycles. The molecule has 0 aromatic heterocycles. The van der Waals surface area contributed by atoms with Gasteiger partial charge in [0.15, 0.2) is 0 Å². The summed E-state index contributed by atoms with van der Waals surface area (Å²) in [6.45, 7) is 2.28. The van der Waals surface area contributed by atoms with Crippen LogP contribution in [0, 0.1) is 11.8 Å². The fraction of sp³-hybridized carbons (Fsp3) is 0.650. The average Bonchev–Trinajstić information content (AvgIpc) is 3.06. The van der Waals surface area contributed by atoms with E-state index in [9.17, 15) is 4.79 Å². The minimum atomic E-state index is -0.151. The molecule has 0 saturated heterocycles. The van der Waals surface area contributed by atoms with Crippen LogP contribution in [0.3, 0.4) is 0 Å². The minimum absolute atomic E-state index is 0.151. The standard InChI is InChI=1S/C20H28O/c1-2-16-9-8-10-17(15-16)19(21)20(13-6-7-14-20)18-11-4-3-5-12-18/h3-5,11-12,16-17H,2,6-10,13-15H2,1H3. The van der Waals surface area contributed by atoms with Crippen molar-refractivity contribution in [3.8, 4) is 0 Å². The fourth-order valence-electron chi connectivity index (χ4n) is 4.70. The number of carbonyl (C=O) groups excluding carboxylic acids is 1. The molecular formula is C20H28O. The van der Waals surface area contributed by atoms with Gasteiger partial charge in [-0.2, -0.15) is 0 Å². The second-order valence-electron chi connectivity index (χ2n) is 7.16. The quantitative estimate of drug-likeness (QED) is 0.734. The Balaban J connectivity index is 1.86. The summed E-state index contributed by atoms with van der Waals surface area (Å²) in [5, 5.41) is 0. The van der Waals surface area contributed by atoms with Crippen molar-refractivity contribution < 1.29 is 4.79 Å². The van der Waals surface area contributed by atoms with Gasteiger partial charge in [-0.25, -0.2) is 0 Å². The number of hydrogen-bond donors (Lipinski definition) is 0. The largest absolute Gasteiger partial charge is 0.298 e. The van der Waals surface area contributed by atoms with E-state index in [-0.39, 0.29) is 5.41 Å². The molecule has 1 aromatic carbocycles. The zero-order valence-electron chi connectivity index (χ0n) is 13.3. The summed E-state index contributed by atoms with van der Waals surface area (Å²) in [5.41, 5.74) is 1.13. The third-order valence-electron chi connectivity index (χ3n) is 5.99. The molecule has 1 nitrogen and oxygen atoms in total. The van der Waals surface area contributed by atoms with Crippen molar-refractivity contribution in [2.75, 3.05) is 0 Å². The van der Waals surface area contributed by atoms with E-state index in [4.69, 9.17) is 0 Å². The first-order valence-corrected chi connectivity index (χ1v) is 8.86. The first-order valence-electron chi connectivity index (χ1n) is 8.86. The molecule has 2 fully saturated rings. The van der Waals surface area contributed by atoms with Gasteiger partial charge in [-0.1, -0.05) is 69.4 Å². The Labute approximate surface area is 129 Å². The van der Waals surface area contributed by atoms with Crippen LogP contribution < -0.4 is 0 Å². The molecule has 0 heterocycles. The summed E-state index contributed by atoms with van der Waals surface area (Å²) in [6.07, 6.45) is 10.7. The molecule has 2 unspecified atom stereocenters. The number of carbonyl (C=O) groups is 1. The number of benzene rings is 1. The van der Waals surface area contributed by atoms with Gasteiger partial charge in [0.2, 0.25) is 0 Å². The molecule has 0 aliphatic heterocycles. The number of ketones is 1. The topological polar surface area (TPSA) is 17.1 Å². The third-order valence-corrected chi connectivity index (χ3v) is 5.99. The Bertz CT molecular complexity index is 470. The number of hydrogen-bond acceptors (Lipinski definition) is 1. The fourth-order valence-corrected chi connectivity index (χ4v) is 4.70. The second kappa shape index (κ2) is 6.34. The molecule has 0 bridgehead atoms. The maximum absolute atomic E-state index is 13.4. The minimum Gasteiger partial charge on any atom is -0.298 e. The molecule has 114 valence electrons. The normalized spacial score (nSPS) is 28.4. The van der Waals surface area contributed by atoms with Gasteiger partial charge < -0.3 is 0 Å². The predicted octanol–water partition coefficient (Wildman–Crippen LogP) is 5.28. The lowest BCUT2D eigenvalue weighted by Gasteiger charge is -2.36. The molecule has 21 heavy (non-hydrogen) atoms. The first kappa shape index (κ1) is 14.8. The van der Waals surface area contributed by atoms with Crippen molar-refractivity contribution in [1.29, 1.82) is 0 Å². The molecule has 2 aliphatic carbocycles. The highest BCUT2D eigenvalue weighted by Crippen LogP contribution is 2.46. The Morgan fingerprint density at radius 3 is 2.48 bits per heavy atom. The zero-order valence-corrected chi connectivity index (χ0v) is 13.3. The van der Waals surface area contributed by atoms with Gasteiger partial charge >= 0.3 is 0 Å². The van der Waals surface area contributed by atoms with Crippen molar-refractivity contribution >= 4 is 5.78 Å². The summed E-state index contributed by atoms with van der Waals surface area (Å²) in [7, 11) is 0. The van der Waals surface area contributed by atoms with Crippen molar-refractivity contribution in [1.82, 2.24) is 0 Å². The van der Waals surface area contributed by atoms with Gasteiger partial charge in [0.05, 0.1) is 5.41 Å². The van der Waals surface area contributed by atoms with E-state index in [0.29, 0.717) is 11.7 Å². The second-order valence-corrected chi connectivity index (χ2v) is 7.16. The monoisotopic (exact) mass is 284 g/mol. The Morgan fingerprint density at radius 1 is 1.10 bits per heavy atom. The molecule has 0 N–H and O–H groups in total. The third kappa shape index (κ3) is 2.80. The van der Waals surface area contributed by atoms with E-state index < -0.39 is 0 Å². The van der Waals surface area contributed by atoms with Gasteiger partial charge in [0.25, 0.3) is 0 Å². The van der Waals surface area contributed by atoms with Crippen LogP contribution in [0.4, 0.5) is 0 Å². The Morgan fingerprint density at radius 2 is 1.81 bits per heavy atom. The summed E-state index contributed by atoms with van der Waals surface area (Å²) < 4.78 is 0. The molecule has 2 atom stereocenters. The lowest BCUT2D eigenvalue weighted by atomic mass is 9.66. The van der Waals surface area contributed by atoms with Gasteiger partial charge in [0, 0.05) is 5.92 Å². The van der Waals surface area contributed by atoms with E-state index in [0.717, 1.165) is 31.6 Å². The SMILES string of the molecule is CCC1CCCC(C(=O)C2(c3ccccc3)CCCC2)C1. The van der Waals surface area contributed by atoms with Crippen LogP contribution in [0.2, 0.25) is 0 Å². The highest BCUT2D eigenvalue weighted by atomic mass is 16.1. The molecular weight excluding hydrogens is 256 g/mol. The maximum atomic E-state index is 13.4. The van der Waals surface area contributed by atoms with Crippen LogP contribution in [0.1, 0.15) is 70.3 Å². The van der Waals surface area contributed by atoms with Crippen LogP contribution >= 0.6 is 0 Å². The van der Waals surface area contributed by atoms with E-state index in [1.807, 2.05) is 0 Å². The first-order chi connectivity index (χ1) is 10.3. The molecule has 0 amide bonds. The van der Waals surface area contributed by atoms with Gasteiger partial charge in [-0.3, -0.25) is 4.79 Å². The van der Waals surface area contributed by atoms with Crippen LogP contribution in [-0.2, 0) is 10.2 Å². The van der Waals surface area contributed by atoms with Crippen LogP contribution in [0.25, 0.3) is 0 Å². The van der Waals surface area contributed by atoms with Gasteiger partial charge in [-0.15, -0.1) is 0 Å². The molecule has 1 aromatic rings. The number of rotatable bonds is 4. The molecule has 0 spiro atoms.